The minimum absolute atomic E-state index is 0.0276. The molecule has 0 bridgehead atoms. The lowest BCUT2D eigenvalue weighted by atomic mass is 10.0. The van der Waals surface area contributed by atoms with E-state index >= 15 is 0 Å². The Morgan fingerprint density at radius 2 is 1.66 bits per heavy atom. The maximum absolute atomic E-state index is 13.2. The number of carbonyl (C=O) groups is 2. The minimum atomic E-state index is -3.84. The number of halogens is 1. The lowest BCUT2D eigenvalue weighted by Crippen LogP contribution is -2.36. The molecule has 6 nitrogen and oxygen atoms in total. The van der Waals surface area contributed by atoms with Crippen LogP contribution in [0.15, 0.2) is 71.6 Å². The Labute approximate surface area is 191 Å². The van der Waals surface area contributed by atoms with Crippen LogP contribution in [0, 0.1) is 0 Å². The molecule has 3 aromatic rings. The number of sulfonamides is 1. The SMILES string of the molecule is CC(=O)c1ccc(OC(=O)c2cc(S(=O)(=O)N3CCc4ccccc4C3)ccc2Cl)cc1. The summed E-state index contributed by atoms with van der Waals surface area (Å²) in [6.45, 7) is 2.06. The van der Waals surface area contributed by atoms with Crippen LogP contribution in [0.2, 0.25) is 5.02 Å². The highest BCUT2D eigenvalue weighted by atomic mass is 35.5. The van der Waals surface area contributed by atoms with Gasteiger partial charge in [0.25, 0.3) is 0 Å². The van der Waals surface area contributed by atoms with Crippen molar-refractivity contribution in [2.24, 2.45) is 0 Å². The summed E-state index contributed by atoms with van der Waals surface area (Å²) in [7, 11) is -3.84. The topological polar surface area (TPSA) is 80.8 Å². The van der Waals surface area contributed by atoms with Crippen molar-refractivity contribution in [2.75, 3.05) is 6.54 Å². The van der Waals surface area contributed by atoms with Crippen LogP contribution in [0.1, 0.15) is 38.8 Å². The van der Waals surface area contributed by atoms with Crippen molar-refractivity contribution in [1.82, 2.24) is 4.31 Å². The number of nitrogens with zero attached hydrogens (tertiary/aromatic N) is 1. The van der Waals surface area contributed by atoms with Crippen molar-refractivity contribution in [3.8, 4) is 5.75 Å². The molecule has 164 valence electrons. The first kappa shape index (κ1) is 22.2. The van der Waals surface area contributed by atoms with Crippen LogP contribution in [0.5, 0.6) is 5.75 Å². The minimum Gasteiger partial charge on any atom is -0.423 e. The summed E-state index contributed by atoms with van der Waals surface area (Å²) in [4.78, 5) is 24.1. The predicted molar refractivity (Wildman–Crippen MR) is 121 cm³/mol. The molecule has 3 aromatic carbocycles. The van der Waals surface area contributed by atoms with Crippen molar-refractivity contribution in [1.29, 1.82) is 0 Å². The van der Waals surface area contributed by atoms with E-state index in [0.29, 0.717) is 18.5 Å². The molecule has 0 spiro atoms. The van der Waals surface area contributed by atoms with E-state index in [-0.39, 0.29) is 33.6 Å². The molecule has 0 saturated carbocycles. The van der Waals surface area contributed by atoms with Crippen LogP contribution in [0.3, 0.4) is 0 Å². The molecule has 4 rings (SSSR count). The zero-order chi connectivity index (χ0) is 22.9. The molecule has 0 fully saturated rings. The normalized spacial score (nSPS) is 13.9. The van der Waals surface area contributed by atoms with Crippen molar-refractivity contribution in [3.05, 3.63) is 94.0 Å². The van der Waals surface area contributed by atoms with E-state index in [1.807, 2.05) is 24.3 Å². The number of carbonyl (C=O) groups excluding carboxylic acids is 2. The van der Waals surface area contributed by atoms with E-state index in [0.717, 1.165) is 11.1 Å². The Morgan fingerprint density at radius 3 is 2.34 bits per heavy atom. The van der Waals surface area contributed by atoms with Gasteiger partial charge in [-0.15, -0.1) is 0 Å². The summed E-state index contributed by atoms with van der Waals surface area (Å²) in [5.74, 6) is -0.673. The van der Waals surface area contributed by atoms with Crippen LogP contribution in [-0.4, -0.2) is 31.0 Å². The molecule has 32 heavy (non-hydrogen) atoms. The number of rotatable bonds is 5. The zero-order valence-electron chi connectivity index (χ0n) is 17.2. The highest BCUT2D eigenvalue weighted by molar-refractivity contribution is 7.89. The molecule has 0 N–H and O–H groups in total. The summed E-state index contributed by atoms with van der Waals surface area (Å²) in [6, 6.07) is 17.8. The molecule has 0 aliphatic carbocycles. The lowest BCUT2D eigenvalue weighted by molar-refractivity contribution is 0.0734. The van der Waals surface area contributed by atoms with Crippen molar-refractivity contribution >= 4 is 33.4 Å². The smallest absolute Gasteiger partial charge is 0.345 e. The van der Waals surface area contributed by atoms with Gasteiger partial charge in [-0.1, -0.05) is 35.9 Å². The van der Waals surface area contributed by atoms with Gasteiger partial charge in [0.05, 0.1) is 15.5 Å². The van der Waals surface area contributed by atoms with Gasteiger partial charge in [-0.3, -0.25) is 4.79 Å². The molecule has 0 unspecified atom stereocenters. The first-order chi connectivity index (χ1) is 15.3. The summed E-state index contributed by atoms with van der Waals surface area (Å²) >= 11 is 6.17. The first-order valence-electron chi connectivity index (χ1n) is 9.95. The molecule has 8 heteroatoms. The zero-order valence-corrected chi connectivity index (χ0v) is 18.8. The van der Waals surface area contributed by atoms with Crippen molar-refractivity contribution < 1.29 is 22.7 Å². The van der Waals surface area contributed by atoms with Gasteiger partial charge in [-0.05, 0) is 66.9 Å². The third-order valence-electron chi connectivity index (χ3n) is 5.36. The highest BCUT2D eigenvalue weighted by Gasteiger charge is 2.29. The molecule has 1 aliphatic heterocycles. The molecule has 0 amide bonds. The third-order valence-corrected chi connectivity index (χ3v) is 7.53. The first-order valence-corrected chi connectivity index (χ1v) is 11.8. The van der Waals surface area contributed by atoms with Gasteiger partial charge < -0.3 is 4.74 Å². The maximum atomic E-state index is 13.2. The van der Waals surface area contributed by atoms with Crippen molar-refractivity contribution in [3.63, 3.8) is 0 Å². The van der Waals surface area contributed by atoms with E-state index in [1.54, 1.807) is 12.1 Å². The number of hydrogen-bond donors (Lipinski definition) is 0. The Bertz CT molecular complexity index is 1300. The predicted octanol–water partition coefficient (Wildman–Crippen LogP) is 4.51. The summed E-state index contributed by atoms with van der Waals surface area (Å²) in [5, 5.41) is 0.0818. The second-order valence-corrected chi connectivity index (χ2v) is 9.81. The summed E-state index contributed by atoms with van der Waals surface area (Å²) in [5.41, 5.74) is 2.53. The molecule has 0 atom stereocenters. The Hall–Kier alpha value is -3.00. The maximum Gasteiger partial charge on any atom is 0.345 e. The van der Waals surface area contributed by atoms with E-state index in [9.17, 15) is 18.0 Å². The van der Waals surface area contributed by atoms with Crippen LogP contribution in [-0.2, 0) is 23.0 Å². The molecular weight excluding hydrogens is 450 g/mol. The van der Waals surface area contributed by atoms with Crippen LogP contribution in [0.4, 0.5) is 0 Å². The van der Waals surface area contributed by atoms with Crippen LogP contribution in [0.25, 0.3) is 0 Å². The highest BCUT2D eigenvalue weighted by Crippen LogP contribution is 2.28. The van der Waals surface area contributed by atoms with E-state index in [4.69, 9.17) is 16.3 Å². The standard InChI is InChI=1S/C24H20ClNO5S/c1-16(27)17-6-8-20(9-7-17)31-24(28)22-14-21(10-11-23(22)25)32(29,30)26-13-12-18-4-2-3-5-19(18)15-26/h2-11,14H,12-13,15H2,1H3. The number of ether oxygens (including phenoxy) is 1. The van der Waals surface area contributed by atoms with Crippen LogP contribution >= 0.6 is 11.6 Å². The number of hydrogen-bond acceptors (Lipinski definition) is 5. The number of Topliss-reactive ketones (excluding diaryl/α,β-unsaturated/α-hetero) is 1. The summed E-state index contributed by atoms with van der Waals surface area (Å²) in [6.07, 6.45) is 0.619. The van der Waals surface area contributed by atoms with Gasteiger partial charge in [0, 0.05) is 18.7 Å². The molecule has 1 heterocycles. The fourth-order valence-electron chi connectivity index (χ4n) is 3.57. The molecule has 0 radical (unpaired) electrons. The van der Waals surface area contributed by atoms with Gasteiger partial charge in [-0.25, -0.2) is 13.2 Å². The third kappa shape index (κ3) is 4.46. The quantitative estimate of drug-likeness (QED) is 0.312. The van der Waals surface area contributed by atoms with Gasteiger partial charge in [0.2, 0.25) is 10.0 Å². The Balaban J connectivity index is 1.58. The second kappa shape index (κ2) is 8.86. The van der Waals surface area contributed by atoms with Gasteiger partial charge in [-0.2, -0.15) is 4.31 Å². The largest absolute Gasteiger partial charge is 0.423 e. The average Bonchev–Trinajstić information content (AvgIpc) is 2.79. The Kier molecular flexibility index (Phi) is 6.15. The number of fused-ring (bicyclic) bond motifs is 1. The van der Waals surface area contributed by atoms with E-state index in [2.05, 4.69) is 0 Å². The van der Waals surface area contributed by atoms with Crippen LogP contribution < -0.4 is 4.74 Å². The fourth-order valence-corrected chi connectivity index (χ4v) is 5.21. The lowest BCUT2D eigenvalue weighted by Gasteiger charge is -2.28. The number of benzene rings is 3. The van der Waals surface area contributed by atoms with Gasteiger partial charge in [0.15, 0.2) is 5.78 Å². The number of esters is 1. The van der Waals surface area contributed by atoms with Crippen molar-refractivity contribution in [2.45, 2.75) is 24.8 Å². The molecule has 1 aliphatic rings. The van der Waals surface area contributed by atoms with E-state index < -0.39 is 16.0 Å². The number of ketones is 1. The summed E-state index contributed by atoms with van der Waals surface area (Å²) < 4.78 is 33.2. The molecule has 0 saturated heterocycles. The van der Waals surface area contributed by atoms with Gasteiger partial charge >= 0.3 is 5.97 Å². The second-order valence-electron chi connectivity index (χ2n) is 7.47. The Morgan fingerprint density at radius 1 is 0.969 bits per heavy atom. The fraction of sp³-hybridized carbons (Fsp3) is 0.167. The van der Waals surface area contributed by atoms with Gasteiger partial charge in [0.1, 0.15) is 5.75 Å². The average molecular weight is 470 g/mol. The monoisotopic (exact) mass is 469 g/mol. The molecule has 0 aromatic heterocycles. The molecular formula is C24H20ClNO5S. The van der Waals surface area contributed by atoms with E-state index in [1.165, 1.54) is 41.6 Å².